The molecule has 4 heteroatoms. The number of hydrogen-bond donors (Lipinski definition) is 0. The van der Waals surface area contributed by atoms with Gasteiger partial charge in [-0.15, -0.1) is 0 Å². The molecule has 4 aliphatic carbocycles. The van der Waals surface area contributed by atoms with E-state index in [9.17, 15) is 9.59 Å². The summed E-state index contributed by atoms with van der Waals surface area (Å²) in [5.41, 5.74) is 4.48. The van der Waals surface area contributed by atoms with Crippen molar-refractivity contribution in [2.75, 3.05) is 6.61 Å². The Kier molecular flexibility index (Phi) is 9.42. The minimum Gasteiger partial charge on any atom is -0.461 e. The Balaban J connectivity index is 1.27. The molecule has 0 radical (unpaired) electrons. The van der Waals surface area contributed by atoms with E-state index in [1.165, 1.54) is 36.8 Å². The molecule has 7 atom stereocenters. The molecule has 2 fully saturated rings. The summed E-state index contributed by atoms with van der Waals surface area (Å²) in [6.45, 7) is 21.0. The lowest BCUT2D eigenvalue weighted by molar-refractivity contribution is -0.190. The zero-order valence-electron chi connectivity index (χ0n) is 27.7. The third kappa shape index (κ3) is 6.28. The molecule has 0 spiro atoms. The van der Waals surface area contributed by atoms with Gasteiger partial charge in [0.25, 0.3) is 0 Å². The number of rotatable bonds is 8. The third-order valence-corrected chi connectivity index (χ3v) is 12.8. The van der Waals surface area contributed by atoms with Crippen LogP contribution in [-0.2, 0) is 19.1 Å². The van der Waals surface area contributed by atoms with Gasteiger partial charge >= 0.3 is 11.9 Å². The predicted octanol–water partition coefficient (Wildman–Crippen LogP) is 9.54. The third-order valence-electron chi connectivity index (χ3n) is 12.8. The van der Waals surface area contributed by atoms with Crippen LogP contribution >= 0.6 is 0 Å². The van der Waals surface area contributed by atoms with Crippen LogP contribution in [0.15, 0.2) is 34.9 Å². The topological polar surface area (TPSA) is 52.6 Å². The second kappa shape index (κ2) is 12.0. The van der Waals surface area contributed by atoms with E-state index in [2.05, 4.69) is 74.5 Å². The molecule has 1 unspecified atom stereocenters. The Hall–Kier alpha value is -1.84. The molecule has 0 aromatic rings. The highest BCUT2D eigenvalue weighted by atomic mass is 16.6. The summed E-state index contributed by atoms with van der Waals surface area (Å²) >= 11 is 0. The SMILES string of the molecule is CC1=CC[C@H]2C(C)(C)CCC[C@]2(C)[C@H]1CC/C(C)=C/COC(=O)CC(=O)O[C@]1(C)C2CCC=C(C)[C@]2(C)CC[C@H]1C. The monoisotopic (exact) mass is 566 g/mol. The lowest BCUT2D eigenvalue weighted by atomic mass is 9.48. The average molecular weight is 567 g/mol. The van der Waals surface area contributed by atoms with Crippen LogP contribution in [0.25, 0.3) is 0 Å². The summed E-state index contributed by atoms with van der Waals surface area (Å²) < 4.78 is 11.7. The van der Waals surface area contributed by atoms with E-state index in [1.54, 1.807) is 5.57 Å². The molecule has 0 aromatic heterocycles. The number of carbonyl (C=O) groups is 2. The molecule has 0 saturated heterocycles. The van der Waals surface area contributed by atoms with Gasteiger partial charge in [-0.3, -0.25) is 9.59 Å². The molecule has 4 nitrogen and oxygen atoms in total. The van der Waals surface area contributed by atoms with Gasteiger partial charge in [-0.2, -0.15) is 0 Å². The van der Waals surface area contributed by atoms with Gasteiger partial charge in [0, 0.05) is 5.92 Å². The number of fused-ring (bicyclic) bond motifs is 2. The Morgan fingerprint density at radius 1 is 0.976 bits per heavy atom. The van der Waals surface area contributed by atoms with E-state index in [0.29, 0.717) is 16.7 Å². The zero-order chi connectivity index (χ0) is 30.2. The maximum atomic E-state index is 13.0. The normalized spacial score (nSPS) is 38.6. The van der Waals surface area contributed by atoms with Crippen molar-refractivity contribution in [3.63, 3.8) is 0 Å². The van der Waals surface area contributed by atoms with Gasteiger partial charge < -0.3 is 9.47 Å². The highest BCUT2D eigenvalue weighted by molar-refractivity contribution is 5.91. The first kappa shape index (κ1) is 32.1. The summed E-state index contributed by atoms with van der Waals surface area (Å²) in [7, 11) is 0. The van der Waals surface area contributed by atoms with Gasteiger partial charge in [0.05, 0.1) is 0 Å². The number of esters is 2. The van der Waals surface area contributed by atoms with Crippen molar-refractivity contribution < 1.29 is 19.1 Å². The van der Waals surface area contributed by atoms with E-state index < -0.39 is 17.5 Å². The van der Waals surface area contributed by atoms with E-state index in [1.807, 2.05) is 6.08 Å². The molecule has 0 aliphatic heterocycles. The minimum absolute atomic E-state index is 0.0557. The summed E-state index contributed by atoms with van der Waals surface area (Å²) in [6, 6.07) is 0. The molecule has 41 heavy (non-hydrogen) atoms. The maximum Gasteiger partial charge on any atom is 0.317 e. The first-order valence-electron chi connectivity index (χ1n) is 16.5. The Morgan fingerprint density at radius 2 is 1.71 bits per heavy atom. The molecule has 0 amide bonds. The second-order valence-electron chi connectivity index (χ2n) is 15.6. The Morgan fingerprint density at radius 3 is 2.44 bits per heavy atom. The fourth-order valence-corrected chi connectivity index (χ4v) is 9.80. The van der Waals surface area contributed by atoms with Gasteiger partial charge in [0.1, 0.15) is 18.6 Å². The highest BCUT2D eigenvalue weighted by Crippen LogP contribution is 2.61. The molecule has 0 N–H and O–H groups in total. The van der Waals surface area contributed by atoms with Crippen molar-refractivity contribution in [2.45, 2.75) is 139 Å². The van der Waals surface area contributed by atoms with Crippen molar-refractivity contribution in [1.29, 1.82) is 0 Å². The molecule has 0 heterocycles. The molecule has 4 rings (SSSR count). The van der Waals surface area contributed by atoms with Crippen LogP contribution in [0, 0.1) is 39.9 Å². The van der Waals surface area contributed by atoms with Crippen LogP contribution < -0.4 is 0 Å². The van der Waals surface area contributed by atoms with Crippen molar-refractivity contribution in [2.24, 2.45) is 39.9 Å². The van der Waals surface area contributed by atoms with E-state index in [-0.39, 0.29) is 30.3 Å². The van der Waals surface area contributed by atoms with Crippen molar-refractivity contribution in [3.05, 3.63) is 34.9 Å². The standard InChI is InChI=1S/C37H58O4/c1-25(14-16-29-26(2)15-17-30-34(5,6)20-11-21-36(29,30)8)19-23-40-32(38)24-33(39)41-37(9)28(4)18-22-35(7)27(3)12-10-13-31(35)37/h12,15,19,28-31H,10-11,13-14,16-18,20-24H2,1-9H3/b25-19+/t28-,29+,30+,31?,35+,36-,37+/m1/s1. The lowest BCUT2D eigenvalue weighted by Crippen LogP contribution is -2.56. The molecule has 4 aliphatic rings. The van der Waals surface area contributed by atoms with E-state index >= 15 is 0 Å². The smallest absolute Gasteiger partial charge is 0.317 e. The second-order valence-corrected chi connectivity index (χ2v) is 15.6. The molecule has 0 bridgehead atoms. The lowest BCUT2D eigenvalue weighted by Gasteiger charge is -2.57. The number of carbonyl (C=O) groups excluding carboxylic acids is 2. The number of allylic oxidation sites excluding steroid dienone is 5. The van der Waals surface area contributed by atoms with Crippen LogP contribution in [0.2, 0.25) is 0 Å². The minimum atomic E-state index is -0.564. The van der Waals surface area contributed by atoms with Gasteiger partial charge in [-0.05, 0) is 126 Å². The van der Waals surface area contributed by atoms with Gasteiger partial charge in [-0.1, -0.05) is 69.9 Å². The van der Waals surface area contributed by atoms with Crippen molar-refractivity contribution >= 4 is 11.9 Å². The van der Waals surface area contributed by atoms with Crippen LogP contribution in [0.1, 0.15) is 133 Å². The number of hydrogen-bond acceptors (Lipinski definition) is 4. The van der Waals surface area contributed by atoms with Crippen LogP contribution in [0.3, 0.4) is 0 Å². The fourth-order valence-electron chi connectivity index (χ4n) is 9.80. The summed E-state index contributed by atoms with van der Waals surface area (Å²) in [6.07, 6.45) is 18.1. The van der Waals surface area contributed by atoms with Gasteiger partial charge in [0.15, 0.2) is 0 Å². The molecule has 230 valence electrons. The molecule has 2 saturated carbocycles. The first-order chi connectivity index (χ1) is 19.1. The summed E-state index contributed by atoms with van der Waals surface area (Å²) in [5, 5.41) is 0. The molecular formula is C37H58O4. The van der Waals surface area contributed by atoms with Gasteiger partial charge in [-0.25, -0.2) is 0 Å². The zero-order valence-corrected chi connectivity index (χ0v) is 27.7. The molecule has 0 aromatic carbocycles. The quantitative estimate of drug-likeness (QED) is 0.167. The van der Waals surface area contributed by atoms with Gasteiger partial charge in [0.2, 0.25) is 0 Å². The Labute approximate surface area is 250 Å². The number of ether oxygens (including phenoxy) is 2. The van der Waals surface area contributed by atoms with E-state index in [0.717, 1.165) is 44.4 Å². The summed E-state index contributed by atoms with van der Waals surface area (Å²) in [4.78, 5) is 25.6. The van der Waals surface area contributed by atoms with Crippen molar-refractivity contribution in [3.8, 4) is 0 Å². The van der Waals surface area contributed by atoms with Crippen LogP contribution in [-0.4, -0.2) is 24.1 Å². The predicted molar refractivity (Wildman–Crippen MR) is 167 cm³/mol. The fraction of sp³-hybridized carbons (Fsp3) is 0.784. The van der Waals surface area contributed by atoms with Crippen LogP contribution in [0.4, 0.5) is 0 Å². The summed E-state index contributed by atoms with van der Waals surface area (Å²) in [5.74, 6) is 0.925. The first-order valence-corrected chi connectivity index (χ1v) is 16.5. The highest BCUT2D eigenvalue weighted by Gasteiger charge is 2.56. The maximum absolute atomic E-state index is 13.0. The average Bonchev–Trinajstić information content (AvgIpc) is 2.87. The van der Waals surface area contributed by atoms with E-state index in [4.69, 9.17) is 9.47 Å². The largest absolute Gasteiger partial charge is 0.461 e. The Bertz CT molecular complexity index is 1090. The van der Waals surface area contributed by atoms with Crippen molar-refractivity contribution in [1.82, 2.24) is 0 Å². The molecular weight excluding hydrogens is 508 g/mol. The van der Waals surface area contributed by atoms with Crippen LogP contribution in [0.5, 0.6) is 0 Å².